The van der Waals surface area contributed by atoms with Crippen LogP contribution in [-0.4, -0.2) is 17.4 Å². The second-order valence-electron chi connectivity index (χ2n) is 3.36. The van der Waals surface area contributed by atoms with Gasteiger partial charge in [0.25, 0.3) is 0 Å². The van der Waals surface area contributed by atoms with Crippen LogP contribution in [0.5, 0.6) is 0 Å². The van der Waals surface area contributed by atoms with Crippen molar-refractivity contribution in [2.45, 2.75) is 26.7 Å². The third kappa shape index (κ3) is 1.95. The largest absolute Gasteiger partial charge is 0.289 e. The van der Waals surface area contributed by atoms with E-state index in [1.807, 2.05) is 0 Å². The molecule has 0 N–H and O–H groups in total. The number of allylic oxidation sites excluding steroid dienone is 4. The van der Waals surface area contributed by atoms with E-state index in [4.69, 9.17) is 11.6 Å². The van der Waals surface area contributed by atoms with E-state index in [1.54, 1.807) is 19.9 Å². The number of halogens is 1. The molecule has 0 aromatic rings. The van der Waals surface area contributed by atoms with Gasteiger partial charge in [-0.1, -0.05) is 6.08 Å². The van der Waals surface area contributed by atoms with Gasteiger partial charge in [0.15, 0.2) is 11.6 Å². The number of carbonyl (C=O) groups is 2. The minimum Gasteiger partial charge on any atom is -0.289 e. The fourth-order valence-electron chi connectivity index (χ4n) is 1.36. The molecule has 0 saturated carbocycles. The first kappa shape index (κ1) is 11.2. The summed E-state index contributed by atoms with van der Waals surface area (Å²) in [6.07, 6.45) is 3.19. The Labute approximate surface area is 88.6 Å². The molecule has 0 aromatic heterocycles. The van der Waals surface area contributed by atoms with Crippen molar-refractivity contribution in [2.24, 2.45) is 0 Å². The van der Waals surface area contributed by atoms with Crippen LogP contribution < -0.4 is 0 Å². The molecule has 0 fully saturated rings. The summed E-state index contributed by atoms with van der Waals surface area (Å²) in [7, 11) is 0. The van der Waals surface area contributed by atoms with Gasteiger partial charge in [-0.15, -0.1) is 11.6 Å². The van der Waals surface area contributed by atoms with Gasteiger partial charge in [-0.05, 0) is 26.7 Å². The Balaban J connectivity index is 2.81. The van der Waals surface area contributed by atoms with Crippen molar-refractivity contribution < 1.29 is 9.59 Å². The smallest absolute Gasteiger partial charge is 0.192 e. The Morgan fingerprint density at radius 1 is 1.14 bits per heavy atom. The number of carbonyl (C=O) groups excluding carboxylic acids is 2. The van der Waals surface area contributed by atoms with E-state index in [0.717, 1.165) is 6.42 Å². The molecule has 0 spiro atoms. The fraction of sp³-hybridized carbons (Fsp3) is 0.455. The molecule has 0 heterocycles. The van der Waals surface area contributed by atoms with Gasteiger partial charge in [-0.2, -0.15) is 0 Å². The number of ketones is 2. The van der Waals surface area contributed by atoms with Crippen molar-refractivity contribution in [3.63, 3.8) is 0 Å². The van der Waals surface area contributed by atoms with Gasteiger partial charge in [0, 0.05) is 17.0 Å². The normalized spacial score (nSPS) is 16.9. The highest BCUT2D eigenvalue weighted by molar-refractivity contribution is 6.37. The van der Waals surface area contributed by atoms with E-state index in [1.165, 1.54) is 0 Å². The van der Waals surface area contributed by atoms with Crippen molar-refractivity contribution in [1.29, 1.82) is 0 Å². The van der Waals surface area contributed by atoms with Crippen molar-refractivity contribution >= 4 is 23.2 Å². The molecule has 3 heteroatoms. The van der Waals surface area contributed by atoms with Crippen LogP contribution in [0.3, 0.4) is 0 Å². The third-order valence-electron chi connectivity index (χ3n) is 2.42. The van der Waals surface area contributed by atoms with Gasteiger partial charge >= 0.3 is 0 Å². The molecule has 0 bridgehead atoms. The summed E-state index contributed by atoms with van der Waals surface area (Å²) in [6.45, 7) is 3.38. The van der Waals surface area contributed by atoms with Crippen LogP contribution in [0.4, 0.5) is 0 Å². The maximum atomic E-state index is 11.5. The minimum atomic E-state index is -0.123. The summed E-state index contributed by atoms with van der Waals surface area (Å²) in [6, 6.07) is 0. The van der Waals surface area contributed by atoms with Crippen molar-refractivity contribution in [3.05, 3.63) is 22.8 Å². The maximum absolute atomic E-state index is 11.5. The van der Waals surface area contributed by atoms with Crippen LogP contribution >= 0.6 is 11.6 Å². The predicted octanol–water partition coefficient (Wildman–Crippen LogP) is 2.42. The third-order valence-corrected chi connectivity index (χ3v) is 2.69. The monoisotopic (exact) mass is 212 g/mol. The van der Waals surface area contributed by atoms with E-state index in [0.29, 0.717) is 29.0 Å². The van der Waals surface area contributed by atoms with Gasteiger partial charge in [0.1, 0.15) is 0 Å². The van der Waals surface area contributed by atoms with Crippen molar-refractivity contribution in [2.75, 3.05) is 5.88 Å². The van der Waals surface area contributed by atoms with Crippen LogP contribution in [0.15, 0.2) is 22.8 Å². The Hall–Kier alpha value is -0.890. The standard InChI is InChI=1S/C11H13ClO2/c1-7-8(2)11(14)9(10(7)13)5-3-4-6-12/h5H,3-4,6H2,1-2H3. The second kappa shape index (κ2) is 4.56. The van der Waals surface area contributed by atoms with Crippen LogP contribution in [0.25, 0.3) is 0 Å². The molecule has 0 aromatic carbocycles. The summed E-state index contributed by atoms with van der Waals surface area (Å²) in [5, 5.41) is 0. The molecular weight excluding hydrogens is 200 g/mol. The lowest BCUT2D eigenvalue weighted by molar-refractivity contribution is -0.115. The summed E-state index contributed by atoms with van der Waals surface area (Å²) in [4.78, 5) is 23.1. The number of rotatable bonds is 3. The van der Waals surface area contributed by atoms with Crippen LogP contribution in [0.2, 0.25) is 0 Å². The van der Waals surface area contributed by atoms with Crippen LogP contribution in [-0.2, 0) is 9.59 Å². The van der Waals surface area contributed by atoms with Gasteiger partial charge in [0.05, 0.1) is 5.57 Å². The summed E-state index contributed by atoms with van der Waals surface area (Å²) >= 11 is 5.51. The first-order valence-electron chi connectivity index (χ1n) is 4.62. The molecule has 76 valence electrons. The Bertz CT molecular complexity index is 311. The Morgan fingerprint density at radius 2 is 1.64 bits per heavy atom. The molecule has 0 aliphatic heterocycles. The molecule has 0 unspecified atom stereocenters. The number of Topliss-reactive ketones (excluding diaryl/α,β-unsaturated/α-hetero) is 2. The van der Waals surface area contributed by atoms with E-state index in [9.17, 15) is 9.59 Å². The van der Waals surface area contributed by atoms with Crippen LogP contribution in [0, 0.1) is 0 Å². The maximum Gasteiger partial charge on any atom is 0.192 e. The highest BCUT2D eigenvalue weighted by atomic mass is 35.5. The fourth-order valence-corrected chi connectivity index (χ4v) is 1.51. The van der Waals surface area contributed by atoms with Crippen LogP contribution in [0.1, 0.15) is 26.7 Å². The topological polar surface area (TPSA) is 34.1 Å². The molecule has 1 rings (SSSR count). The quantitative estimate of drug-likeness (QED) is 0.312. The molecule has 0 atom stereocenters. The molecule has 14 heavy (non-hydrogen) atoms. The Morgan fingerprint density at radius 3 is 2.07 bits per heavy atom. The average Bonchev–Trinajstić information content (AvgIpc) is 2.35. The molecular formula is C11H13ClO2. The molecule has 2 nitrogen and oxygen atoms in total. The average molecular weight is 213 g/mol. The number of unbranched alkanes of at least 4 members (excludes halogenated alkanes) is 1. The van der Waals surface area contributed by atoms with Gasteiger partial charge < -0.3 is 0 Å². The van der Waals surface area contributed by atoms with Crippen molar-refractivity contribution in [1.82, 2.24) is 0 Å². The number of hydrogen-bond acceptors (Lipinski definition) is 2. The Kier molecular flexibility index (Phi) is 3.64. The zero-order valence-electron chi connectivity index (χ0n) is 8.39. The lowest BCUT2D eigenvalue weighted by Gasteiger charge is -1.94. The van der Waals surface area contributed by atoms with Gasteiger partial charge in [0.2, 0.25) is 0 Å². The molecule has 1 aliphatic rings. The lowest BCUT2D eigenvalue weighted by Crippen LogP contribution is -2.03. The van der Waals surface area contributed by atoms with E-state index in [-0.39, 0.29) is 11.6 Å². The van der Waals surface area contributed by atoms with E-state index < -0.39 is 0 Å². The zero-order chi connectivity index (χ0) is 10.7. The first-order chi connectivity index (χ1) is 6.59. The summed E-state index contributed by atoms with van der Waals surface area (Å²) < 4.78 is 0. The van der Waals surface area contributed by atoms with E-state index in [2.05, 4.69) is 0 Å². The van der Waals surface area contributed by atoms with E-state index >= 15 is 0 Å². The molecule has 0 radical (unpaired) electrons. The van der Waals surface area contributed by atoms with Crippen molar-refractivity contribution in [3.8, 4) is 0 Å². The SMILES string of the molecule is CC1=C(C)C(=O)C(=CCCCCl)C1=O. The number of hydrogen-bond donors (Lipinski definition) is 0. The lowest BCUT2D eigenvalue weighted by atomic mass is 10.1. The molecule has 0 amide bonds. The predicted molar refractivity (Wildman–Crippen MR) is 56.4 cm³/mol. The second-order valence-corrected chi connectivity index (χ2v) is 3.74. The van der Waals surface area contributed by atoms with Gasteiger partial charge in [-0.25, -0.2) is 0 Å². The summed E-state index contributed by atoms with van der Waals surface area (Å²) in [5.74, 6) is 0.307. The molecule has 1 aliphatic carbocycles. The summed E-state index contributed by atoms with van der Waals surface area (Å²) in [5.41, 5.74) is 1.48. The first-order valence-corrected chi connectivity index (χ1v) is 5.16. The minimum absolute atomic E-state index is 0.123. The highest BCUT2D eigenvalue weighted by Gasteiger charge is 2.29. The molecule has 0 saturated heterocycles. The highest BCUT2D eigenvalue weighted by Crippen LogP contribution is 2.24. The van der Waals surface area contributed by atoms with Gasteiger partial charge in [-0.3, -0.25) is 9.59 Å². The number of alkyl halides is 1. The zero-order valence-corrected chi connectivity index (χ0v) is 9.15.